The van der Waals surface area contributed by atoms with E-state index in [0.29, 0.717) is 16.7 Å². The second-order valence-corrected chi connectivity index (χ2v) is 8.74. The maximum absolute atomic E-state index is 13.1. The minimum absolute atomic E-state index is 0.185. The molecule has 0 aliphatic heterocycles. The summed E-state index contributed by atoms with van der Waals surface area (Å²) < 4.78 is 26.1. The Morgan fingerprint density at radius 1 is 0.667 bits per heavy atom. The number of carbonyl (C=O) groups is 2. The third-order valence-corrected chi connectivity index (χ3v) is 7.07. The van der Waals surface area contributed by atoms with Crippen LogP contribution in [0.15, 0.2) is 77.7 Å². The second-order valence-electron chi connectivity index (χ2n) is 6.47. The lowest BCUT2D eigenvalue weighted by molar-refractivity contribution is 0.0978. The number of rotatable bonds is 3. The molecule has 0 amide bonds. The van der Waals surface area contributed by atoms with Crippen molar-refractivity contribution in [1.29, 1.82) is 0 Å². The molecule has 0 bridgehead atoms. The first-order valence-electron chi connectivity index (χ1n) is 8.53. The summed E-state index contributed by atoms with van der Waals surface area (Å²) in [5, 5.41) is -0.961. The standard InChI is InChI=1S/C22H16O4S/c1-14(27(25,26)15-8-3-2-4-9-15)16-12-7-13-19-20(16)22(24)18-11-6-5-10-17(18)21(19)23/h2-14H,1H3. The van der Waals surface area contributed by atoms with Crippen LogP contribution in [0, 0.1) is 0 Å². The Balaban J connectivity index is 1.90. The zero-order valence-corrected chi connectivity index (χ0v) is 15.4. The summed E-state index contributed by atoms with van der Waals surface area (Å²) in [4.78, 5) is 26.1. The van der Waals surface area contributed by atoms with E-state index in [0.717, 1.165) is 0 Å². The molecule has 4 rings (SSSR count). The molecule has 0 fully saturated rings. The summed E-state index contributed by atoms with van der Waals surface area (Å²) in [5.74, 6) is -0.572. The molecule has 0 saturated carbocycles. The van der Waals surface area contributed by atoms with Crippen LogP contribution in [-0.2, 0) is 9.84 Å². The normalized spacial score (nSPS) is 14.4. The van der Waals surface area contributed by atoms with Crippen LogP contribution in [0.5, 0.6) is 0 Å². The monoisotopic (exact) mass is 376 g/mol. The van der Waals surface area contributed by atoms with Crippen LogP contribution in [0.25, 0.3) is 0 Å². The zero-order valence-electron chi connectivity index (χ0n) is 14.5. The molecular weight excluding hydrogens is 360 g/mol. The van der Waals surface area contributed by atoms with E-state index in [1.807, 2.05) is 0 Å². The average molecular weight is 376 g/mol. The molecule has 0 aromatic heterocycles. The van der Waals surface area contributed by atoms with Crippen molar-refractivity contribution >= 4 is 21.4 Å². The predicted octanol–water partition coefficient (Wildman–Crippen LogP) is 4.00. The maximum Gasteiger partial charge on any atom is 0.194 e. The fourth-order valence-corrected chi connectivity index (χ4v) is 4.97. The van der Waals surface area contributed by atoms with Crippen molar-refractivity contribution in [1.82, 2.24) is 0 Å². The first-order valence-corrected chi connectivity index (χ1v) is 10.1. The van der Waals surface area contributed by atoms with Gasteiger partial charge in [0.2, 0.25) is 0 Å². The van der Waals surface area contributed by atoms with Crippen molar-refractivity contribution in [2.75, 3.05) is 0 Å². The van der Waals surface area contributed by atoms with Crippen molar-refractivity contribution in [2.24, 2.45) is 0 Å². The summed E-state index contributed by atoms with van der Waals surface area (Å²) in [7, 11) is -3.71. The van der Waals surface area contributed by atoms with Crippen LogP contribution >= 0.6 is 0 Å². The molecular formula is C22H16O4S. The van der Waals surface area contributed by atoms with Gasteiger partial charge < -0.3 is 0 Å². The summed E-state index contributed by atoms with van der Waals surface area (Å²) >= 11 is 0. The highest BCUT2D eigenvalue weighted by atomic mass is 32.2. The summed E-state index contributed by atoms with van der Waals surface area (Å²) in [5.41, 5.74) is 1.46. The molecule has 1 aliphatic carbocycles. The molecule has 1 atom stereocenters. The van der Waals surface area contributed by atoms with E-state index < -0.39 is 15.1 Å². The number of benzene rings is 3. The van der Waals surface area contributed by atoms with Gasteiger partial charge >= 0.3 is 0 Å². The highest BCUT2D eigenvalue weighted by Crippen LogP contribution is 2.36. The van der Waals surface area contributed by atoms with E-state index >= 15 is 0 Å². The van der Waals surface area contributed by atoms with E-state index in [-0.39, 0.29) is 27.6 Å². The molecule has 3 aromatic carbocycles. The SMILES string of the molecule is CC(c1cccc2c1C(=O)c1ccccc1C2=O)S(=O)(=O)c1ccccc1. The predicted molar refractivity (Wildman–Crippen MR) is 102 cm³/mol. The van der Waals surface area contributed by atoms with Gasteiger partial charge in [-0.25, -0.2) is 8.42 Å². The topological polar surface area (TPSA) is 68.3 Å². The number of ketones is 2. The van der Waals surface area contributed by atoms with Gasteiger partial charge in [0.15, 0.2) is 21.4 Å². The molecule has 0 radical (unpaired) electrons. The Bertz CT molecular complexity index is 1180. The average Bonchev–Trinajstić information content (AvgIpc) is 2.71. The van der Waals surface area contributed by atoms with Gasteiger partial charge in [-0.2, -0.15) is 0 Å². The van der Waals surface area contributed by atoms with Gasteiger partial charge in [-0.05, 0) is 24.6 Å². The van der Waals surface area contributed by atoms with Gasteiger partial charge in [-0.15, -0.1) is 0 Å². The molecule has 0 N–H and O–H groups in total. The van der Waals surface area contributed by atoms with Crippen molar-refractivity contribution in [3.05, 3.63) is 101 Å². The number of hydrogen-bond acceptors (Lipinski definition) is 4. The summed E-state index contributed by atoms with van der Waals surface area (Å²) in [6.07, 6.45) is 0. The Morgan fingerprint density at radius 2 is 1.22 bits per heavy atom. The molecule has 27 heavy (non-hydrogen) atoms. The Labute approximate surface area is 157 Å². The van der Waals surface area contributed by atoms with Gasteiger partial charge in [0.05, 0.1) is 10.1 Å². The largest absolute Gasteiger partial charge is 0.289 e. The number of fused-ring (bicyclic) bond motifs is 2. The third kappa shape index (κ3) is 2.62. The molecule has 1 unspecified atom stereocenters. The number of sulfone groups is 1. The van der Waals surface area contributed by atoms with Gasteiger partial charge in [0.1, 0.15) is 0 Å². The first-order chi connectivity index (χ1) is 12.9. The van der Waals surface area contributed by atoms with Crippen LogP contribution in [0.4, 0.5) is 0 Å². The third-order valence-electron chi connectivity index (χ3n) is 4.96. The molecule has 0 heterocycles. The van der Waals surface area contributed by atoms with Crippen LogP contribution in [0.1, 0.15) is 49.6 Å². The van der Waals surface area contributed by atoms with Crippen LogP contribution in [0.2, 0.25) is 0 Å². The van der Waals surface area contributed by atoms with Crippen molar-refractivity contribution in [3.63, 3.8) is 0 Å². The van der Waals surface area contributed by atoms with E-state index in [4.69, 9.17) is 0 Å². The van der Waals surface area contributed by atoms with Crippen LogP contribution in [0.3, 0.4) is 0 Å². The molecule has 0 spiro atoms. The summed E-state index contributed by atoms with van der Waals surface area (Å²) in [6, 6.07) is 19.6. The number of hydrogen-bond donors (Lipinski definition) is 0. The van der Waals surface area contributed by atoms with Gasteiger partial charge in [0, 0.05) is 22.3 Å². The van der Waals surface area contributed by atoms with E-state index in [1.165, 1.54) is 12.1 Å². The molecule has 1 aliphatic rings. The Kier molecular flexibility index (Phi) is 4.04. The van der Waals surface area contributed by atoms with Crippen LogP contribution < -0.4 is 0 Å². The lowest BCUT2D eigenvalue weighted by Gasteiger charge is -2.23. The van der Waals surface area contributed by atoms with Crippen LogP contribution in [-0.4, -0.2) is 20.0 Å². The smallest absolute Gasteiger partial charge is 0.194 e. The molecule has 5 heteroatoms. The Hall–Kier alpha value is -3.05. The van der Waals surface area contributed by atoms with Gasteiger partial charge in [0.25, 0.3) is 0 Å². The van der Waals surface area contributed by atoms with Gasteiger partial charge in [-0.1, -0.05) is 60.7 Å². The first kappa shape index (κ1) is 17.4. The molecule has 4 nitrogen and oxygen atoms in total. The molecule has 0 saturated heterocycles. The van der Waals surface area contributed by atoms with Crippen molar-refractivity contribution in [3.8, 4) is 0 Å². The van der Waals surface area contributed by atoms with Crippen molar-refractivity contribution in [2.45, 2.75) is 17.1 Å². The lowest BCUT2D eigenvalue weighted by atomic mass is 9.81. The molecule has 134 valence electrons. The fraction of sp³-hybridized carbons (Fsp3) is 0.0909. The quantitative estimate of drug-likeness (QED) is 0.542. The highest BCUT2D eigenvalue weighted by Gasteiger charge is 2.35. The minimum Gasteiger partial charge on any atom is -0.289 e. The van der Waals surface area contributed by atoms with Crippen molar-refractivity contribution < 1.29 is 18.0 Å². The maximum atomic E-state index is 13.1. The van der Waals surface area contributed by atoms with Gasteiger partial charge in [-0.3, -0.25) is 9.59 Å². The molecule has 3 aromatic rings. The Morgan fingerprint density at radius 3 is 1.89 bits per heavy atom. The van der Waals surface area contributed by atoms with E-state index in [2.05, 4.69) is 0 Å². The lowest BCUT2D eigenvalue weighted by Crippen LogP contribution is -2.24. The fourth-order valence-electron chi connectivity index (χ4n) is 3.49. The van der Waals surface area contributed by atoms with E-state index in [1.54, 1.807) is 67.6 Å². The summed E-state index contributed by atoms with van der Waals surface area (Å²) in [6.45, 7) is 1.55. The minimum atomic E-state index is -3.71. The zero-order chi connectivity index (χ0) is 19.2. The second kappa shape index (κ2) is 6.28. The number of carbonyl (C=O) groups excluding carboxylic acids is 2. The highest BCUT2D eigenvalue weighted by molar-refractivity contribution is 7.91. The van der Waals surface area contributed by atoms with E-state index in [9.17, 15) is 18.0 Å².